The lowest BCUT2D eigenvalue weighted by molar-refractivity contribution is -0.113. The van der Waals surface area contributed by atoms with E-state index >= 15 is 0 Å². The minimum Gasteiger partial charge on any atom is -0.316 e. The number of nitrogens with one attached hydrogen (secondary N) is 1. The fraction of sp³-hybridized carbons (Fsp3) is 0.273. The van der Waals surface area contributed by atoms with Gasteiger partial charge in [-0.25, -0.2) is 0 Å². The molecule has 154 valence electrons. The second-order valence-electron chi connectivity index (χ2n) is 7.03. The van der Waals surface area contributed by atoms with E-state index in [2.05, 4.69) is 22.1 Å². The Hall–Kier alpha value is -2.71. The van der Waals surface area contributed by atoms with Gasteiger partial charge < -0.3 is 5.32 Å². The third kappa shape index (κ3) is 4.11. The van der Waals surface area contributed by atoms with Crippen LogP contribution in [0.25, 0.3) is 11.4 Å². The van der Waals surface area contributed by atoms with Crippen LogP contribution in [0.3, 0.4) is 0 Å². The van der Waals surface area contributed by atoms with Crippen LogP contribution in [-0.4, -0.2) is 32.2 Å². The lowest BCUT2D eigenvalue weighted by Crippen LogP contribution is -2.15. The maximum atomic E-state index is 12.6. The number of hydrogen-bond acceptors (Lipinski definition) is 6. The molecule has 30 heavy (non-hydrogen) atoms. The van der Waals surface area contributed by atoms with Gasteiger partial charge in [-0.1, -0.05) is 48.2 Å². The summed E-state index contributed by atoms with van der Waals surface area (Å²) in [6, 6.07) is 9.81. The summed E-state index contributed by atoms with van der Waals surface area (Å²) in [5, 5.41) is 12.9. The molecule has 8 heteroatoms. The molecule has 2 aromatic heterocycles. The van der Waals surface area contributed by atoms with Crippen LogP contribution in [0, 0.1) is 0 Å². The van der Waals surface area contributed by atoms with E-state index in [-0.39, 0.29) is 17.4 Å². The van der Waals surface area contributed by atoms with E-state index in [0.717, 1.165) is 36.2 Å². The van der Waals surface area contributed by atoms with Gasteiger partial charge in [-0.3, -0.25) is 14.2 Å². The number of thioether (sulfide) groups is 1. The maximum absolute atomic E-state index is 12.6. The quantitative estimate of drug-likeness (QED) is 0.316. The second kappa shape index (κ2) is 8.97. The van der Waals surface area contributed by atoms with E-state index in [0.29, 0.717) is 22.3 Å². The summed E-state index contributed by atoms with van der Waals surface area (Å²) < 4.78 is 1.95. The van der Waals surface area contributed by atoms with E-state index < -0.39 is 0 Å². The highest BCUT2D eigenvalue weighted by molar-refractivity contribution is 7.99. The summed E-state index contributed by atoms with van der Waals surface area (Å²) in [5.41, 5.74) is 2.77. The largest absolute Gasteiger partial charge is 0.316 e. The van der Waals surface area contributed by atoms with Crippen molar-refractivity contribution in [3.8, 4) is 11.4 Å². The van der Waals surface area contributed by atoms with Crippen molar-refractivity contribution in [2.75, 3.05) is 11.1 Å². The summed E-state index contributed by atoms with van der Waals surface area (Å²) >= 11 is 2.86. The summed E-state index contributed by atoms with van der Waals surface area (Å²) in [6.45, 7) is 5.93. The smallest absolute Gasteiger partial charge is 0.235 e. The van der Waals surface area contributed by atoms with Crippen LogP contribution in [0.2, 0.25) is 0 Å². The predicted molar refractivity (Wildman–Crippen MR) is 121 cm³/mol. The molecule has 0 saturated heterocycles. The first-order valence-corrected chi connectivity index (χ1v) is 11.6. The highest BCUT2D eigenvalue weighted by atomic mass is 32.2. The number of nitrogens with zero attached hydrogens (tertiary/aromatic N) is 3. The fourth-order valence-electron chi connectivity index (χ4n) is 3.65. The number of anilines is 1. The fourth-order valence-corrected chi connectivity index (χ4v) is 5.75. The number of ketones is 1. The van der Waals surface area contributed by atoms with Gasteiger partial charge in [0.15, 0.2) is 16.8 Å². The zero-order chi connectivity index (χ0) is 21.1. The third-order valence-corrected chi connectivity index (χ3v) is 7.09. The summed E-state index contributed by atoms with van der Waals surface area (Å²) in [6.07, 6.45) is 4.76. The number of hydrogen-bond donors (Lipinski definition) is 1. The number of allylic oxidation sites excluding steroid dienone is 1. The molecule has 0 atom stereocenters. The molecule has 0 spiro atoms. The molecule has 0 unspecified atom stereocenters. The molecule has 1 amide bonds. The third-order valence-electron chi connectivity index (χ3n) is 4.92. The number of rotatable bonds is 8. The van der Waals surface area contributed by atoms with Gasteiger partial charge in [0.25, 0.3) is 0 Å². The highest BCUT2D eigenvalue weighted by Gasteiger charge is 2.25. The van der Waals surface area contributed by atoms with Crippen molar-refractivity contribution in [2.45, 2.75) is 37.9 Å². The Morgan fingerprint density at radius 2 is 2.07 bits per heavy atom. The van der Waals surface area contributed by atoms with Crippen LogP contribution in [0.4, 0.5) is 5.00 Å². The number of fused-ring (bicyclic) bond motifs is 1. The molecule has 0 aliphatic heterocycles. The molecule has 1 N–H and O–H groups in total. The average Bonchev–Trinajstić information content (AvgIpc) is 3.42. The van der Waals surface area contributed by atoms with Crippen LogP contribution in [0.1, 0.15) is 34.1 Å². The van der Waals surface area contributed by atoms with Crippen molar-refractivity contribution < 1.29 is 9.59 Å². The minimum absolute atomic E-state index is 0.00980. The molecule has 0 fully saturated rings. The first kappa shape index (κ1) is 20.6. The Balaban J connectivity index is 1.48. The Morgan fingerprint density at radius 1 is 1.27 bits per heavy atom. The molecule has 2 heterocycles. The van der Waals surface area contributed by atoms with Gasteiger partial charge in [-0.2, -0.15) is 0 Å². The lowest BCUT2D eigenvalue weighted by atomic mass is 10.1. The van der Waals surface area contributed by atoms with Gasteiger partial charge in [0, 0.05) is 17.0 Å². The van der Waals surface area contributed by atoms with Crippen molar-refractivity contribution in [3.63, 3.8) is 0 Å². The molecule has 1 aromatic carbocycles. The molecule has 3 aromatic rings. The average molecular weight is 439 g/mol. The summed E-state index contributed by atoms with van der Waals surface area (Å²) in [4.78, 5) is 26.0. The number of carbonyl (C=O) groups excluding carboxylic acids is 2. The number of amides is 1. The molecule has 4 rings (SSSR count). The molecular weight excluding hydrogens is 416 g/mol. The van der Waals surface area contributed by atoms with Crippen molar-refractivity contribution in [1.29, 1.82) is 0 Å². The topological polar surface area (TPSA) is 76.9 Å². The van der Waals surface area contributed by atoms with Crippen LogP contribution >= 0.6 is 23.1 Å². The minimum atomic E-state index is -0.156. The van der Waals surface area contributed by atoms with Crippen molar-refractivity contribution in [3.05, 3.63) is 59.0 Å². The zero-order valence-corrected chi connectivity index (χ0v) is 18.3. The number of benzene rings is 1. The van der Waals surface area contributed by atoms with E-state index in [1.807, 2.05) is 34.9 Å². The van der Waals surface area contributed by atoms with Crippen molar-refractivity contribution in [1.82, 2.24) is 14.8 Å². The second-order valence-corrected chi connectivity index (χ2v) is 9.07. The van der Waals surface area contributed by atoms with E-state index in [1.54, 1.807) is 13.0 Å². The van der Waals surface area contributed by atoms with Gasteiger partial charge >= 0.3 is 0 Å². The van der Waals surface area contributed by atoms with Crippen LogP contribution < -0.4 is 5.32 Å². The molecule has 6 nitrogen and oxygen atoms in total. The van der Waals surface area contributed by atoms with Gasteiger partial charge in [-0.15, -0.1) is 28.1 Å². The number of thiophene rings is 1. The van der Waals surface area contributed by atoms with Crippen molar-refractivity contribution in [2.24, 2.45) is 0 Å². The zero-order valence-electron chi connectivity index (χ0n) is 16.7. The Morgan fingerprint density at radius 3 is 2.80 bits per heavy atom. The summed E-state index contributed by atoms with van der Waals surface area (Å²) in [5.74, 6) is 0.781. The lowest BCUT2D eigenvalue weighted by Gasteiger charge is -2.08. The monoisotopic (exact) mass is 438 g/mol. The maximum Gasteiger partial charge on any atom is 0.235 e. The van der Waals surface area contributed by atoms with E-state index in [9.17, 15) is 9.59 Å². The standard InChI is InChI=1S/C22H22N4O2S2/c1-3-12-26-20(15-8-5-4-6-9-15)24-25-22(26)29-13-18(28)23-21-19(14(2)27)16-10-7-11-17(16)30-21/h3-6,8-9H,1,7,10-13H2,2H3,(H,23,28). The molecule has 1 aliphatic carbocycles. The molecular formula is C22H22N4O2S2. The SMILES string of the molecule is C=CCn1c(SCC(=O)Nc2sc3c(c2C(C)=O)CCC3)nnc1-c1ccccc1. The summed E-state index contributed by atoms with van der Waals surface area (Å²) in [7, 11) is 0. The first-order chi connectivity index (χ1) is 14.6. The van der Waals surface area contributed by atoms with Gasteiger partial charge in [-0.05, 0) is 31.7 Å². The molecule has 1 aliphatic rings. The number of Topliss-reactive ketones (excluding diaryl/α,β-unsaturated/α-hetero) is 1. The van der Waals surface area contributed by atoms with Crippen LogP contribution in [0.5, 0.6) is 0 Å². The molecule has 0 saturated carbocycles. The number of carbonyl (C=O) groups is 2. The molecule has 0 bridgehead atoms. The first-order valence-electron chi connectivity index (χ1n) is 9.76. The Bertz CT molecular complexity index is 1100. The Labute approximate surface area is 183 Å². The van der Waals surface area contributed by atoms with Gasteiger partial charge in [0.2, 0.25) is 5.91 Å². The van der Waals surface area contributed by atoms with Gasteiger partial charge in [0.05, 0.1) is 11.3 Å². The Kier molecular flexibility index (Phi) is 6.15. The van der Waals surface area contributed by atoms with Crippen molar-refractivity contribution >= 4 is 39.8 Å². The van der Waals surface area contributed by atoms with Crippen LogP contribution in [-0.2, 0) is 24.2 Å². The predicted octanol–water partition coefficient (Wildman–Crippen LogP) is 4.61. The van der Waals surface area contributed by atoms with Crippen LogP contribution in [0.15, 0.2) is 48.1 Å². The normalized spacial score (nSPS) is 12.6. The highest BCUT2D eigenvalue weighted by Crippen LogP contribution is 2.39. The number of aromatic nitrogens is 3. The van der Waals surface area contributed by atoms with E-state index in [4.69, 9.17) is 0 Å². The number of aryl methyl sites for hydroxylation is 1. The van der Waals surface area contributed by atoms with Gasteiger partial charge in [0.1, 0.15) is 5.00 Å². The van der Waals surface area contributed by atoms with E-state index in [1.165, 1.54) is 28.0 Å². The molecule has 0 radical (unpaired) electrons.